The van der Waals surface area contributed by atoms with E-state index in [9.17, 15) is 84.5 Å². The number of aliphatic hydroxyl groups is 7. The van der Waals surface area contributed by atoms with Gasteiger partial charge in [-0.2, -0.15) is 5.10 Å². The molecule has 14 atom stereocenters. The van der Waals surface area contributed by atoms with Gasteiger partial charge in [0.05, 0.1) is 55.4 Å². The molecule has 2 aromatic heterocycles. The van der Waals surface area contributed by atoms with Crippen LogP contribution in [0.1, 0.15) is 87.7 Å². The Kier molecular flexibility index (Phi) is 26.2. The average Bonchev–Trinajstić information content (AvgIpc) is 1.78. The van der Waals surface area contributed by atoms with Crippen LogP contribution in [0.5, 0.6) is 17.2 Å². The van der Waals surface area contributed by atoms with E-state index < -0.39 is 183 Å². The van der Waals surface area contributed by atoms with Gasteiger partial charge in [0, 0.05) is 55.1 Å². The summed E-state index contributed by atoms with van der Waals surface area (Å²) in [6, 6.07) is 4.18. The van der Waals surface area contributed by atoms with Crippen LogP contribution in [0, 0.1) is 5.92 Å². The number of primary amides is 1. The second kappa shape index (κ2) is 33.3. The second-order valence-corrected chi connectivity index (χ2v) is 24.0. The van der Waals surface area contributed by atoms with Gasteiger partial charge in [0.1, 0.15) is 59.2 Å². The Hall–Kier alpha value is -7.13. The van der Waals surface area contributed by atoms with Gasteiger partial charge in [0.25, 0.3) is 18.2 Å². The van der Waals surface area contributed by atoms with E-state index in [-0.39, 0.29) is 53.0 Å². The van der Waals surface area contributed by atoms with Crippen LogP contribution in [0.15, 0.2) is 72.9 Å². The third kappa shape index (κ3) is 18.2. The van der Waals surface area contributed by atoms with Crippen LogP contribution in [0.2, 0.25) is 0 Å². The molecule has 3 aromatic carbocycles. The van der Waals surface area contributed by atoms with E-state index in [1.165, 1.54) is 30.4 Å². The Morgan fingerprint density at radius 1 is 0.828 bits per heavy atom. The standard InChI is InChI=1S/C58H73N11O21S2.Na/c1-4-5-6-7-18-87-35-15-12-31(13-16-35)55-66-69-26-37(62-58(69)91-55)29-8-10-30(11-9-29)50(79)61-36-20-33(71)23-60-54(83)46-47(76)27(2)24-68(46)57(85)44(40(74)22-42(59)75)64-53(82)45(49(78)48(77)32-14-17-39(73)41(19-32)88-92-90-89-86)65-52(81)38-21-34(72)25-67(38)56(84)43(28(3)70)63-51(36)80;/h8-17,19,26-28,33-34,36,38,40,43-49,70-74,76-78,86H,4-7,18,20-25H2,1-3H3,(H2,59,75)(H,60,83)(H,61,79)(H,63,80)(H,64,82)(H,65,81);/q;+1/p-1/t27?,28?,33?,34?,36-,38?,40?,43?,44?,45?,46?,47?,48?,49?;/m0./s1. The van der Waals surface area contributed by atoms with Crippen molar-refractivity contribution in [3.63, 3.8) is 0 Å². The minimum atomic E-state index is -2.54. The molecule has 498 valence electrons. The molecule has 8 rings (SSSR count). The SMILES string of the molecule is CCCCCCOc1ccc(-c2nn3cc(-c4ccc(C(=O)N[C@H]5CC(O)CNC(=O)C6C(O)C(C)CN6C(=O)C(C(O)CC(N)=O)NC(=O)C(C(O)C(O)c6ccc(O)c(OSOO[O-])c6)NC(=O)C6CC(O)CN6C(=O)C(C(C)O)NC5=O)cc4)nc3s2)cc1.[Na+]. The fourth-order valence-electron chi connectivity index (χ4n) is 10.8. The number of hydrogen-bond acceptors (Lipinski definition) is 25. The van der Waals surface area contributed by atoms with E-state index >= 15 is 0 Å². The van der Waals surface area contributed by atoms with E-state index in [4.69, 9.17) is 24.7 Å². The van der Waals surface area contributed by atoms with Crippen molar-refractivity contribution in [2.75, 3.05) is 26.2 Å². The van der Waals surface area contributed by atoms with Gasteiger partial charge in [-0.15, -0.1) is 4.33 Å². The zero-order valence-electron chi connectivity index (χ0n) is 50.8. The number of imidazole rings is 1. The fourth-order valence-corrected chi connectivity index (χ4v) is 12.0. The summed E-state index contributed by atoms with van der Waals surface area (Å²) in [5, 5.41) is 121. The summed E-state index contributed by atoms with van der Waals surface area (Å²) in [6.07, 6.45) is -10.1. The molecule has 15 N–H and O–H groups in total. The molecule has 0 spiro atoms. The third-order valence-electron chi connectivity index (χ3n) is 15.8. The first-order valence-corrected chi connectivity index (χ1v) is 30.8. The largest absolute Gasteiger partial charge is 1.00 e. The molecule has 3 saturated heterocycles. The van der Waals surface area contributed by atoms with Crippen molar-refractivity contribution < 1.29 is 132 Å². The molecular weight excluding hydrogens is 1270 g/mol. The number of nitrogens with two attached hydrogens (primary N) is 1. The summed E-state index contributed by atoms with van der Waals surface area (Å²) in [5.74, 6) is -11.3. The quantitative estimate of drug-likeness (QED) is 0.0107. The Morgan fingerprint density at radius 3 is 2.17 bits per heavy atom. The number of amides is 8. The first kappa shape index (κ1) is 73.3. The van der Waals surface area contributed by atoms with Gasteiger partial charge in [0.15, 0.2) is 11.5 Å². The van der Waals surface area contributed by atoms with Gasteiger partial charge in [0.2, 0.25) is 46.3 Å². The number of ether oxygens (including phenoxy) is 1. The van der Waals surface area contributed by atoms with Crippen LogP contribution in [-0.2, 0) is 42.9 Å². The summed E-state index contributed by atoms with van der Waals surface area (Å²) < 4.78 is 16.6. The molecule has 0 bridgehead atoms. The number of carbonyl (C=O) groups is 8. The molecule has 32 nitrogen and oxygen atoms in total. The molecule has 0 radical (unpaired) electrons. The van der Waals surface area contributed by atoms with Crippen LogP contribution in [-0.4, -0.2) is 212 Å². The molecule has 35 heteroatoms. The van der Waals surface area contributed by atoms with E-state index in [0.29, 0.717) is 27.8 Å². The fraction of sp³-hybridized carbons (Fsp3) is 0.483. The maximum Gasteiger partial charge on any atom is 1.00 e. The van der Waals surface area contributed by atoms with Gasteiger partial charge in [-0.25, -0.2) is 9.50 Å². The Labute approximate surface area is 561 Å². The minimum Gasteiger partial charge on any atom is -0.691 e. The normalized spacial score (nSPS) is 24.8. The van der Waals surface area contributed by atoms with E-state index in [1.54, 1.807) is 22.8 Å². The van der Waals surface area contributed by atoms with Gasteiger partial charge in [-0.05, 0) is 67.4 Å². The molecule has 13 unspecified atom stereocenters. The van der Waals surface area contributed by atoms with Gasteiger partial charge in [-0.3, -0.25) is 43.4 Å². The number of nitrogens with zero attached hydrogens (tertiary/aromatic N) is 5. The minimum absolute atomic E-state index is 0. The Bertz CT molecular complexity index is 3410. The third-order valence-corrected chi connectivity index (χ3v) is 17.1. The van der Waals surface area contributed by atoms with Crippen molar-refractivity contribution in [1.82, 2.24) is 51.0 Å². The van der Waals surface area contributed by atoms with Gasteiger partial charge >= 0.3 is 29.6 Å². The summed E-state index contributed by atoms with van der Waals surface area (Å²) >= 11 is 1.26. The van der Waals surface area contributed by atoms with E-state index in [1.807, 2.05) is 24.3 Å². The van der Waals surface area contributed by atoms with E-state index in [0.717, 1.165) is 71.9 Å². The zero-order valence-corrected chi connectivity index (χ0v) is 54.4. The molecule has 8 amide bonds. The number of rotatable bonds is 21. The molecular formula is C58H72N11NaO21S2. The van der Waals surface area contributed by atoms with Crippen molar-refractivity contribution in [2.24, 2.45) is 11.7 Å². The Morgan fingerprint density at radius 2 is 1.51 bits per heavy atom. The summed E-state index contributed by atoms with van der Waals surface area (Å²) in [4.78, 5) is 120. The molecule has 3 aliphatic rings. The van der Waals surface area contributed by atoms with Crippen molar-refractivity contribution >= 4 is 75.9 Å². The summed E-state index contributed by atoms with van der Waals surface area (Å²) in [5.41, 5.74) is 6.95. The van der Waals surface area contributed by atoms with Crippen LogP contribution in [0.4, 0.5) is 0 Å². The summed E-state index contributed by atoms with van der Waals surface area (Å²) in [6.45, 7) is 3.45. The smallest absolute Gasteiger partial charge is 0.691 e. The number of aromatic nitrogens is 3. The van der Waals surface area contributed by atoms with Crippen LogP contribution < -0.4 is 76.1 Å². The van der Waals surface area contributed by atoms with Crippen LogP contribution >= 0.6 is 23.7 Å². The molecule has 3 aliphatic heterocycles. The number of hydrogen-bond donors (Lipinski definition) is 14. The maximum atomic E-state index is 14.7. The number of aliphatic hydroxyl groups excluding tert-OH is 7. The number of phenols is 1. The van der Waals surface area contributed by atoms with Gasteiger partial charge < -0.3 is 97.1 Å². The number of phenolic OH excluding ortho intramolecular Hbond substituents is 1. The zero-order chi connectivity index (χ0) is 66.7. The molecule has 93 heavy (non-hydrogen) atoms. The maximum absolute atomic E-state index is 14.7. The van der Waals surface area contributed by atoms with Crippen molar-refractivity contribution in [3.05, 3.63) is 84.1 Å². The molecule has 0 saturated carbocycles. The number of fused-ring (bicyclic) bond motifs is 3. The predicted molar refractivity (Wildman–Crippen MR) is 320 cm³/mol. The van der Waals surface area contributed by atoms with Crippen LogP contribution in [0.3, 0.4) is 0 Å². The summed E-state index contributed by atoms with van der Waals surface area (Å²) in [7, 11) is 0. The van der Waals surface area contributed by atoms with E-state index in [2.05, 4.69) is 42.9 Å². The number of aromatic hydroxyl groups is 1. The second-order valence-electron chi connectivity index (χ2n) is 22.6. The van der Waals surface area contributed by atoms with Crippen molar-refractivity contribution in [3.8, 4) is 39.1 Å². The topological polar surface area (TPSA) is 481 Å². The number of benzene rings is 3. The first-order valence-electron chi connectivity index (χ1n) is 29.4. The van der Waals surface area contributed by atoms with Crippen LogP contribution in [0.25, 0.3) is 26.8 Å². The number of unbranched alkanes of at least 4 members (excludes halogenated alkanes) is 3. The average molecular weight is 1350 g/mol. The molecule has 3 fully saturated rings. The number of nitrogens with one attached hydrogen (secondary N) is 5. The Balaban J connectivity index is 0.0000123. The number of carbonyl (C=O) groups excluding carboxylic acids is 8. The first-order chi connectivity index (χ1) is 43.9. The molecule has 0 aliphatic carbocycles. The predicted octanol–water partition coefficient (Wildman–Crippen LogP) is -5.73. The number of β-amino-alcohol motifs (C(OH)–C–C–N with tert-alkyl or cyclic N) is 1. The monoisotopic (exact) mass is 1350 g/mol. The van der Waals surface area contributed by atoms with Crippen molar-refractivity contribution in [1.29, 1.82) is 0 Å². The molecule has 5 aromatic rings. The molecule has 5 heterocycles. The van der Waals surface area contributed by atoms with Gasteiger partial charge in [-0.1, -0.05) is 62.6 Å². The van der Waals surface area contributed by atoms with Crippen molar-refractivity contribution in [2.45, 2.75) is 145 Å².